The number of carbonyl (C=O) groups is 2. The van der Waals surface area contributed by atoms with Gasteiger partial charge in [0.25, 0.3) is 5.91 Å². The van der Waals surface area contributed by atoms with Crippen LogP contribution < -0.4 is 14.2 Å². The van der Waals surface area contributed by atoms with Gasteiger partial charge >= 0.3 is 6.09 Å². The highest BCUT2D eigenvalue weighted by Gasteiger charge is 2.37. The average molecular weight is 765 g/mol. The quantitative estimate of drug-likeness (QED) is 0.104. The van der Waals surface area contributed by atoms with Gasteiger partial charge in [0, 0.05) is 35.8 Å². The van der Waals surface area contributed by atoms with Crippen molar-refractivity contribution >= 4 is 52.4 Å². The summed E-state index contributed by atoms with van der Waals surface area (Å²) < 4.78 is 22.5. The molecule has 0 spiro atoms. The highest BCUT2D eigenvalue weighted by atomic mass is 35.5. The standard InChI is InChI=1S/C36H40Cl3N3O9/c1-47-33-21-26(37)9-14-32(33)49-20-19-48-28-12-7-24(8-13-28)29-15-16-40(36(44)50-17-2-3-18-51-42(45)46)23-30(29)35(43)41(27-10-11-27)22-25-5-4-6-31(38)34(25)39/h4-9,12-14,21,27,45-46H,2-3,10-11,15-20,22-23H2,1H3. The molecule has 2 aliphatic rings. The van der Waals surface area contributed by atoms with E-state index in [1.807, 2.05) is 41.3 Å². The summed E-state index contributed by atoms with van der Waals surface area (Å²) in [6.45, 7) is 1.41. The summed E-state index contributed by atoms with van der Waals surface area (Å²) in [6, 6.07) is 18.1. The molecular weight excluding hydrogens is 725 g/mol. The zero-order valence-electron chi connectivity index (χ0n) is 28.1. The lowest BCUT2D eigenvalue weighted by Crippen LogP contribution is -2.43. The van der Waals surface area contributed by atoms with Gasteiger partial charge < -0.3 is 28.7 Å². The number of rotatable bonds is 17. The Morgan fingerprint density at radius 1 is 0.902 bits per heavy atom. The van der Waals surface area contributed by atoms with Crippen molar-refractivity contribution in [3.05, 3.63) is 92.4 Å². The first kappa shape index (κ1) is 38.5. The first-order valence-corrected chi connectivity index (χ1v) is 17.7. The minimum Gasteiger partial charge on any atom is -0.493 e. The van der Waals surface area contributed by atoms with E-state index in [4.69, 9.17) is 64.2 Å². The number of ether oxygens (including phenoxy) is 4. The van der Waals surface area contributed by atoms with Crippen LogP contribution in [0.4, 0.5) is 4.79 Å². The molecular formula is C36H40Cl3N3O9. The molecule has 3 aromatic carbocycles. The first-order valence-electron chi connectivity index (χ1n) is 16.5. The normalized spacial score (nSPS) is 14.5. The number of hydrogen-bond donors (Lipinski definition) is 2. The van der Waals surface area contributed by atoms with Gasteiger partial charge in [-0.3, -0.25) is 20.0 Å². The number of benzene rings is 3. The molecule has 0 unspecified atom stereocenters. The number of hydrogen-bond acceptors (Lipinski definition) is 10. The Bertz CT molecular complexity index is 1690. The number of unbranched alkanes of at least 4 members (excludes halogenated alkanes) is 1. The first-order chi connectivity index (χ1) is 24.6. The molecule has 1 aliphatic heterocycles. The highest BCUT2D eigenvalue weighted by molar-refractivity contribution is 6.42. The van der Waals surface area contributed by atoms with E-state index in [9.17, 15) is 9.59 Å². The molecule has 0 aromatic heterocycles. The van der Waals surface area contributed by atoms with Crippen LogP contribution in [-0.4, -0.2) is 90.3 Å². The largest absolute Gasteiger partial charge is 0.493 e. The lowest BCUT2D eigenvalue weighted by Gasteiger charge is -2.33. The van der Waals surface area contributed by atoms with Crippen LogP contribution in [0.5, 0.6) is 17.2 Å². The third-order valence-electron chi connectivity index (χ3n) is 8.39. The van der Waals surface area contributed by atoms with Crippen LogP contribution in [-0.2, 0) is 20.9 Å². The number of halogens is 3. The molecule has 1 fully saturated rings. The second kappa shape index (κ2) is 18.7. The van der Waals surface area contributed by atoms with Crippen molar-refractivity contribution in [2.45, 2.75) is 44.7 Å². The average Bonchev–Trinajstić information content (AvgIpc) is 3.98. The summed E-state index contributed by atoms with van der Waals surface area (Å²) >= 11 is 18.9. The van der Waals surface area contributed by atoms with Crippen molar-refractivity contribution in [1.29, 1.82) is 0 Å². The van der Waals surface area contributed by atoms with E-state index in [-0.39, 0.29) is 56.9 Å². The van der Waals surface area contributed by atoms with Crippen LogP contribution in [0.1, 0.15) is 43.2 Å². The maximum atomic E-state index is 14.4. The van der Waals surface area contributed by atoms with Gasteiger partial charge in [0.15, 0.2) is 11.5 Å². The van der Waals surface area contributed by atoms with Crippen LogP contribution in [0, 0.1) is 0 Å². The van der Waals surface area contributed by atoms with Gasteiger partial charge in [-0.15, -0.1) is 0 Å². The molecule has 1 aliphatic carbocycles. The molecule has 2 amide bonds. The lowest BCUT2D eigenvalue weighted by atomic mass is 9.92. The molecule has 51 heavy (non-hydrogen) atoms. The molecule has 15 heteroatoms. The maximum absolute atomic E-state index is 14.4. The Morgan fingerprint density at radius 3 is 2.37 bits per heavy atom. The van der Waals surface area contributed by atoms with Gasteiger partial charge in [0.1, 0.15) is 19.0 Å². The van der Waals surface area contributed by atoms with Crippen molar-refractivity contribution in [2.24, 2.45) is 0 Å². The van der Waals surface area contributed by atoms with Gasteiger partial charge in [-0.05, 0) is 79.1 Å². The predicted octanol–water partition coefficient (Wildman–Crippen LogP) is 7.69. The summed E-state index contributed by atoms with van der Waals surface area (Å²) in [6.07, 6.45) is 2.51. The van der Waals surface area contributed by atoms with Gasteiger partial charge in [0.05, 0.1) is 42.3 Å². The smallest absolute Gasteiger partial charge is 0.410 e. The van der Waals surface area contributed by atoms with E-state index in [1.54, 1.807) is 31.4 Å². The SMILES string of the molecule is COc1cc(Cl)ccc1OCCOc1ccc(C2=C(C(=O)N(Cc3cccc(Cl)c3Cl)C3CC3)CN(C(=O)OCCCCON(O)O)CC2)cc1. The Hall–Kier alpha value is -3.75. The summed E-state index contributed by atoms with van der Waals surface area (Å²) in [5.41, 5.74) is 2.93. The second-order valence-corrected chi connectivity index (χ2v) is 13.2. The minimum atomic E-state index is -0.538. The summed E-state index contributed by atoms with van der Waals surface area (Å²) in [5.74, 6) is 1.55. The molecule has 0 atom stereocenters. The zero-order chi connectivity index (χ0) is 36.3. The van der Waals surface area contributed by atoms with E-state index in [0.29, 0.717) is 63.7 Å². The molecule has 12 nitrogen and oxygen atoms in total. The number of methoxy groups -OCH3 is 1. The van der Waals surface area contributed by atoms with Crippen LogP contribution >= 0.6 is 34.8 Å². The monoisotopic (exact) mass is 763 g/mol. The fourth-order valence-corrected chi connectivity index (χ4v) is 6.18. The summed E-state index contributed by atoms with van der Waals surface area (Å²) in [5, 5.41) is 18.3. The van der Waals surface area contributed by atoms with Crippen molar-refractivity contribution < 1.29 is 43.8 Å². The van der Waals surface area contributed by atoms with Crippen molar-refractivity contribution in [2.75, 3.05) is 46.6 Å². The number of carbonyl (C=O) groups excluding carboxylic acids is 2. The van der Waals surface area contributed by atoms with E-state index in [1.165, 1.54) is 4.90 Å². The maximum Gasteiger partial charge on any atom is 0.410 e. The number of nitrogens with zero attached hydrogens (tertiary/aromatic N) is 3. The molecule has 1 heterocycles. The summed E-state index contributed by atoms with van der Waals surface area (Å²) in [7, 11) is 1.55. The van der Waals surface area contributed by atoms with Crippen LogP contribution in [0.2, 0.25) is 15.1 Å². The molecule has 0 radical (unpaired) electrons. The van der Waals surface area contributed by atoms with Crippen molar-refractivity contribution in [3.8, 4) is 17.2 Å². The Morgan fingerprint density at radius 2 is 1.65 bits per heavy atom. The third-order valence-corrected chi connectivity index (χ3v) is 9.48. The molecule has 274 valence electrons. The van der Waals surface area contributed by atoms with E-state index >= 15 is 0 Å². The Labute approximate surface area is 311 Å². The Balaban J connectivity index is 1.29. The van der Waals surface area contributed by atoms with E-state index < -0.39 is 6.09 Å². The number of amides is 2. The minimum absolute atomic E-state index is 0.0445. The lowest BCUT2D eigenvalue weighted by molar-refractivity contribution is -0.492. The molecule has 3 aromatic rings. The van der Waals surface area contributed by atoms with Crippen LogP contribution in [0.3, 0.4) is 0 Å². The summed E-state index contributed by atoms with van der Waals surface area (Å²) in [4.78, 5) is 35.4. The third kappa shape index (κ3) is 10.9. The zero-order valence-corrected chi connectivity index (χ0v) is 30.3. The highest BCUT2D eigenvalue weighted by Crippen LogP contribution is 2.36. The van der Waals surface area contributed by atoms with Crippen LogP contribution in [0.15, 0.2) is 66.2 Å². The van der Waals surface area contributed by atoms with E-state index in [2.05, 4.69) is 4.84 Å². The van der Waals surface area contributed by atoms with E-state index in [0.717, 1.165) is 29.5 Å². The van der Waals surface area contributed by atoms with Gasteiger partial charge in [0.2, 0.25) is 0 Å². The van der Waals surface area contributed by atoms with Crippen molar-refractivity contribution in [3.63, 3.8) is 0 Å². The van der Waals surface area contributed by atoms with Gasteiger partial charge in [-0.25, -0.2) is 4.79 Å². The predicted molar refractivity (Wildman–Crippen MR) is 191 cm³/mol. The van der Waals surface area contributed by atoms with Crippen LogP contribution in [0.25, 0.3) is 5.57 Å². The Kier molecular flexibility index (Phi) is 14.1. The topological polar surface area (TPSA) is 130 Å². The van der Waals surface area contributed by atoms with Gasteiger partial charge in [-0.2, -0.15) is 0 Å². The molecule has 0 saturated heterocycles. The second-order valence-electron chi connectivity index (χ2n) is 11.9. The molecule has 1 saturated carbocycles. The van der Waals surface area contributed by atoms with Gasteiger partial charge in [-0.1, -0.05) is 59.1 Å². The molecule has 2 N–H and O–H groups in total. The fourth-order valence-electron chi connectivity index (χ4n) is 5.64. The molecule has 0 bridgehead atoms. The van der Waals surface area contributed by atoms with Crippen molar-refractivity contribution in [1.82, 2.24) is 15.2 Å². The fraction of sp³-hybridized carbons (Fsp3) is 0.389. The molecule has 5 rings (SSSR count).